The SMILES string of the molecule is CC1=CC[C-]=C1.C[SiH]C.[Cl-].[Cl-].[NH-]C(=O)C1CCCCC1.[Zr+4]. The summed E-state index contributed by atoms with van der Waals surface area (Å²) >= 11 is 0. The van der Waals surface area contributed by atoms with Gasteiger partial charge in [0.1, 0.15) is 0 Å². The van der Waals surface area contributed by atoms with Crippen LogP contribution < -0.4 is 24.8 Å². The van der Waals surface area contributed by atoms with E-state index in [2.05, 4.69) is 32.2 Å². The van der Waals surface area contributed by atoms with E-state index in [1.165, 1.54) is 12.0 Å². The van der Waals surface area contributed by atoms with E-state index in [-0.39, 0.29) is 62.8 Å². The van der Waals surface area contributed by atoms with E-state index in [9.17, 15) is 4.79 Å². The van der Waals surface area contributed by atoms with Crippen molar-refractivity contribution in [2.75, 3.05) is 0 Å². The van der Waals surface area contributed by atoms with Gasteiger partial charge in [-0.1, -0.05) is 32.4 Å². The Bertz CT molecular complexity index is 291. The molecule has 2 rings (SSSR count). The molecule has 0 atom stereocenters. The van der Waals surface area contributed by atoms with Gasteiger partial charge in [0, 0.05) is 15.4 Å². The number of rotatable bonds is 1. The third-order valence-electron chi connectivity index (χ3n) is 2.85. The average molecular weight is 427 g/mol. The number of allylic oxidation sites excluding steroid dienone is 4. The minimum Gasteiger partial charge on any atom is -1.00 e. The van der Waals surface area contributed by atoms with E-state index < -0.39 is 0 Å². The number of amides is 1. The van der Waals surface area contributed by atoms with Crippen molar-refractivity contribution in [2.45, 2.75) is 58.5 Å². The van der Waals surface area contributed by atoms with Crippen LogP contribution >= 0.6 is 0 Å². The van der Waals surface area contributed by atoms with Crippen LogP contribution in [0, 0.1) is 12.0 Å². The number of carbonyl (C=O) groups is 1. The minimum atomic E-state index is -0.352. The summed E-state index contributed by atoms with van der Waals surface area (Å²) in [6.07, 6.45) is 13.7. The fraction of sp³-hybridized carbons (Fsp3) is 0.667. The Balaban J connectivity index is -0.000000107. The summed E-state index contributed by atoms with van der Waals surface area (Å²) in [5.41, 5.74) is 8.18. The Morgan fingerprint density at radius 3 is 1.90 bits per heavy atom. The molecule has 119 valence electrons. The normalized spacial score (nSPS) is 15.5. The summed E-state index contributed by atoms with van der Waals surface area (Å²) in [6, 6.07) is 0. The molecular formula is C15H26Cl2NOSiZr. The maximum absolute atomic E-state index is 10.5. The van der Waals surface area contributed by atoms with Crippen LogP contribution in [0.3, 0.4) is 0 Å². The monoisotopic (exact) mass is 424 g/mol. The molecule has 0 spiro atoms. The van der Waals surface area contributed by atoms with Gasteiger partial charge >= 0.3 is 26.2 Å². The van der Waals surface area contributed by atoms with Crippen LogP contribution in [0.25, 0.3) is 5.73 Å². The van der Waals surface area contributed by atoms with Crippen molar-refractivity contribution < 1.29 is 55.8 Å². The molecule has 2 nitrogen and oxygen atoms in total. The maximum atomic E-state index is 10.5. The van der Waals surface area contributed by atoms with Gasteiger partial charge in [0.05, 0.1) is 5.91 Å². The summed E-state index contributed by atoms with van der Waals surface area (Å²) < 4.78 is 0. The first-order valence-corrected chi connectivity index (χ1v) is 9.15. The second-order valence-corrected chi connectivity index (χ2v) is 5.93. The van der Waals surface area contributed by atoms with E-state index in [0.717, 1.165) is 41.6 Å². The van der Waals surface area contributed by atoms with Gasteiger partial charge in [0.2, 0.25) is 0 Å². The van der Waals surface area contributed by atoms with E-state index in [1.807, 2.05) is 6.08 Å². The van der Waals surface area contributed by atoms with Crippen LogP contribution in [0.1, 0.15) is 45.4 Å². The first-order valence-electron chi connectivity index (χ1n) is 6.84. The Hall–Kier alpha value is 0.630. The minimum absolute atomic E-state index is 0. The van der Waals surface area contributed by atoms with Crippen molar-refractivity contribution in [1.82, 2.24) is 0 Å². The average Bonchev–Trinajstić information content (AvgIpc) is 2.83. The van der Waals surface area contributed by atoms with Crippen LogP contribution in [-0.4, -0.2) is 15.4 Å². The van der Waals surface area contributed by atoms with Gasteiger partial charge in [-0.3, -0.25) is 6.08 Å². The van der Waals surface area contributed by atoms with Crippen molar-refractivity contribution >= 4 is 15.4 Å². The first-order chi connectivity index (χ1) is 8.61. The van der Waals surface area contributed by atoms with Gasteiger partial charge in [-0.15, -0.1) is 13.3 Å². The standard InChI is InChI=1S/C7H13NO.C6H7.C2H7Si.2ClH.Zr/c8-7(9)6-4-2-1-3-5-6;1-6-4-2-3-5-6;1-3-2;;;/h6H,1-5H2,(H2,8,9);4-5H,2H2,1H3;3H,1-2H3;2*1H;/q;-1;;;;+4/p-3. The molecule has 0 saturated heterocycles. The molecule has 0 unspecified atom stereocenters. The fourth-order valence-corrected chi connectivity index (χ4v) is 1.86. The van der Waals surface area contributed by atoms with Crippen LogP contribution in [0.5, 0.6) is 0 Å². The molecular weight excluding hydrogens is 400 g/mol. The van der Waals surface area contributed by atoms with Gasteiger partial charge in [0.25, 0.3) is 0 Å². The van der Waals surface area contributed by atoms with Crippen molar-refractivity contribution in [3.8, 4) is 0 Å². The number of hydrogen-bond donors (Lipinski definition) is 0. The summed E-state index contributed by atoms with van der Waals surface area (Å²) in [5.74, 6) is -0.270. The maximum Gasteiger partial charge on any atom is 4.00 e. The van der Waals surface area contributed by atoms with Crippen molar-refractivity contribution in [2.24, 2.45) is 5.92 Å². The fourth-order valence-electron chi connectivity index (χ4n) is 1.86. The van der Waals surface area contributed by atoms with Crippen LogP contribution in [-0.2, 0) is 31.0 Å². The summed E-state index contributed by atoms with van der Waals surface area (Å²) in [7, 11) is 0.750. The molecule has 2 aliphatic carbocycles. The number of hydrogen-bond acceptors (Lipinski definition) is 1. The molecule has 0 bridgehead atoms. The molecule has 1 N–H and O–H groups in total. The van der Waals surface area contributed by atoms with Crippen LogP contribution in [0.2, 0.25) is 13.1 Å². The zero-order valence-corrected chi connectivity index (χ0v) is 18.3. The Morgan fingerprint density at radius 1 is 1.24 bits per heavy atom. The van der Waals surface area contributed by atoms with Gasteiger partial charge in [-0.05, 0) is 12.8 Å². The number of nitrogens with one attached hydrogen (secondary N) is 1. The topological polar surface area (TPSA) is 40.9 Å². The molecule has 2 aliphatic rings. The van der Waals surface area contributed by atoms with Crippen molar-refractivity contribution in [1.29, 1.82) is 0 Å². The van der Waals surface area contributed by atoms with Crippen LogP contribution in [0.15, 0.2) is 17.7 Å². The molecule has 0 heterocycles. The molecule has 1 amide bonds. The smallest absolute Gasteiger partial charge is 1.00 e. The Morgan fingerprint density at radius 2 is 1.71 bits per heavy atom. The third kappa shape index (κ3) is 18.6. The van der Waals surface area contributed by atoms with Crippen molar-refractivity contribution in [3.05, 3.63) is 29.5 Å². The second kappa shape index (κ2) is 20.6. The predicted octanol–water partition coefficient (Wildman–Crippen LogP) is -1.63. The summed E-state index contributed by atoms with van der Waals surface area (Å²) in [5, 5.41) is 0. The third-order valence-corrected chi connectivity index (χ3v) is 2.85. The largest absolute Gasteiger partial charge is 4.00 e. The summed E-state index contributed by atoms with van der Waals surface area (Å²) in [6.45, 7) is 6.50. The van der Waals surface area contributed by atoms with E-state index in [1.54, 1.807) is 0 Å². The van der Waals surface area contributed by atoms with Crippen molar-refractivity contribution in [3.63, 3.8) is 0 Å². The van der Waals surface area contributed by atoms with Gasteiger partial charge < -0.3 is 35.3 Å². The Kier molecular flexibility index (Phi) is 29.1. The molecule has 21 heavy (non-hydrogen) atoms. The Labute approximate surface area is 164 Å². The number of halogens is 2. The molecule has 1 saturated carbocycles. The predicted molar refractivity (Wildman–Crippen MR) is 81.0 cm³/mol. The first kappa shape index (κ1) is 29.6. The quantitative estimate of drug-likeness (QED) is 0.367. The summed E-state index contributed by atoms with van der Waals surface area (Å²) in [4.78, 5) is 10.5. The second-order valence-electron chi connectivity index (χ2n) is 4.78. The van der Waals surface area contributed by atoms with Gasteiger partial charge in [-0.2, -0.15) is 6.08 Å². The number of carbonyl (C=O) groups excluding carboxylic acids is 1. The zero-order chi connectivity index (χ0) is 13.8. The van der Waals surface area contributed by atoms with E-state index in [4.69, 9.17) is 5.73 Å². The molecule has 0 aromatic carbocycles. The van der Waals surface area contributed by atoms with Gasteiger partial charge in [-0.25, -0.2) is 11.6 Å². The molecule has 1 radical (unpaired) electrons. The van der Waals surface area contributed by atoms with E-state index in [0.29, 0.717) is 0 Å². The zero-order valence-electron chi connectivity index (χ0n) is 13.2. The molecule has 6 heteroatoms. The van der Waals surface area contributed by atoms with Crippen LogP contribution in [0.4, 0.5) is 0 Å². The van der Waals surface area contributed by atoms with Gasteiger partial charge in [0.15, 0.2) is 0 Å². The van der Waals surface area contributed by atoms with E-state index >= 15 is 0 Å². The molecule has 0 aromatic rings. The molecule has 1 fully saturated rings. The molecule has 0 aliphatic heterocycles. The molecule has 0 aromatic heterocycles.